The zero-order valence-electron chi connectivity index (χ0n) is 23.0. The molecule has 0 radical (unpaired) electrons. The number of methoxy groups -OCH3 is 1. The van der Waals surface area contributed by atoms with Gasteiger partial charge in [0.25, 0.3) is 5.91 Å². The molecule has 1 fully saturated rings. The van der Waals surface area contributed by atoms with E-state index in [1.165, 1.54) is 30.2 Å². The molecule has 1 unspecified atom stereocenters. The summed E-state index contributed by atoms with van der Waals surface area (Å²) in [6.45, 7) is -0.245. The molecule has 41 heavy (non-hydrogen) atoms. The van der Waals surface area contributed by atoms with E-state index in [-0.39, 0.29) is 42.3 Å². The van der Waals surface area contributed by atoms with Crippen LogP contribution in [-0.2, 0) is 22.6 Å². The predicted octanol–water partition coefficient (Wildman–Crippen LogP) is 5.72. The summed E-state index contributed by atoms with van der Waals surface area (Å²) in [5.74, 6) is -0.380. The van der Waals surface area contributed by atoms with Gasteiger partial charge in [-0.1, -0.05) is 73.3 Å². The maximum absolute atomic E-state index is 13.8. The number of hydrogen-bond acceptors (Lipinski definition) is 6. The standard InChI is InChI=1S/C31H34ClN3O6/c1-40-29-19-26(15-16-27(29)35(38)39)41-21-30(36)34(20-23-11-8-12-24(32)17-23)28(18-22-9-4-2-5-10-22)31(37)33-25-13-6-3-7-14-25/h2,4-5,8-12,15-17,19,25,28H,3,6-7,13-14,18,20-21H2,1H3,(H,33,37). The molecule has 1 saturated carbocycles. The Bertz CT molecular complexity index is 1350. The number of halogens is 1. The molecule has 216 valence electrons. The first-order valence-corrected chi connectivity index (χ1v) is 14.0. The Balaban J connectivity index is 1.61. The number of carbonyl (C=O) groups excluding carboxylic acids is 2. The lowest BCUT2D eigenvalue weighted by atomic mass is 9.94. The predicted molar refractivity (Wildman–Crippen MR) is 156 cm³/mol. The van der Waals surface area contributed by atoms with Gasteiger partial charge in [0.2, 0.25) is 11.7 Å². The van der Waals surface area contributed by atoms with E-state index in [9.17, 15) is 19.7 Å². The third-order valence-corrected chi connectivity index (χ3v) is 7.41. The number of nitro benzene ring substituents is 1. The van der Waals surface area contributed by atoms with Gasteiger partial charge in [-0.25, -0.2) is 0 Å². The number of nitrogens with zero attached hydrogens (tertiary/aromatic N) is 2. The maximum Gasteiger partial charge on any atom is 0.311 e. The van der Waals surface area contributed by atoms with Crippen molar-refractivity contribution in [2.75, 3.05) is 13.7 Å². The summed E-state index contributed by atoms with van der Waals surface area (Å²) in [5, 5.41) is 15.0. The molecule has 0 heterocycles. The van der Waals surface area contributed by atoms with E-state index in [1.54, 1.807) is 18.2 Å². The van der Waals surface area contributed by atoms with E-state index in [2.05, 4.69) is 5.32 Å². The molecule has 1 N–H and O–H groups in total. The minimum atomic E-state index is -0.805. The molecule has 2 amide bonds. The average Bonchev–Trinajstić information content (AvgIpc) is 2.98. The van der Waals surface area contributed by atoms with Gasteiger partial charge in [-0.15, -0.1) is 0 Å². The largest absolute Gasteiger partial charge is 0.490 e. The molecule has 10 heteroatoms. The Morgan fingerprint density at radius 3 is 2.44 bits per heavy atom. The van der Waals surface area contributed by atoms with E-state index >= 15 is 0 Å². The second-order valence-corrected chi connectivity index (χ2v) is 10.5. The number of hydrogen-bond donors (Lipinski definition) is 1. The summed E-state index contributed by atoms with van der Waals surface area (Å²) in [6.07, 6.45) is 5.42. The molecule has 0 aromatic heterocycles. The average molecular weight is 580 g/mol. The molecule has 0 spiro atoms. The van der Waals surface area contributed by atoms with Gasteiger partial charge >= 0.3 is 5.69 Å². The second-order valence-electron chi connectivity index (χ2n) is 10.1. The van der Waals surface area contributed by atoms with E-state index < -0.39 is 16.9 Å². The van der Waals surface area contributed by atoms with Crippen LogP contribution in [0.25, 0.3) is 0 Å². The van der Waals surface area contributed by atoms with Crippen molar-refractivity contribution in [1.29, 1.82) is 0 Å². The molecule has 3 aromatic carbocycles. The van der Waals surface area contributed by atoms with Gasteiger partial charge < -0.3 is 19.7 Å². The molecule has 4 rings (SSSR count). The summed E-state index contributed by atoms with van der Waals surface area (Å²) in [6, 6.07) is 20.0. The van der Waals surface area contributed by atoms with Crippen molar-refractivity contribution in [2.45, 2.75) is 57.2 Å². The zero-order chi connectivity index (χ0) is 29.2. The van der Waals surface area contributed by atoms with Crippen LogP contribution in [0.15, 0.2) is 72.8 Å². The minimum Gasteiger partial charge on any atom is -0.490 e. The first kappa shape index (κ1) is 29.9. The molecule has 1 atom stereocenters. The quantitative estimate of drug-likeness (QED) is 0.217. The van der Waals surface area contributed by atoms with Gasteiger partial charge in [0.15, 0.2) is 6.61 Å². The lowest BCUT2D eigenvalue weighted by molar-refractivity contribution is -0.385. The molecule has 1 aliphatic carbocycles. The van der Waals surface area contributed by atoms with Crippen molar-refractivity contribution >= 4 is 29.1 Å². The van der Waals surface area contributed by atoms with Gasteiger partial charge in [-0.05, 0) is 42.2 Å². The Labute approximate surface area is 244 Å². The molecule has 1 aliphatic rings. The number of nitrogens with one attached hydrogen (secondary N) is 1. The highest BCUT2D eigenvalue weighted by molar-refractivity contribution is 6.30. The van der Waals surface area contributed by atoms with Crippen LogP contribution in [0.3, 0.4) is 0 Å². The van der Waals surface area contributed by atoms with Crippen LogP contribution < -0.4 is 14.8 Å². The van der Waals surface area contributed by atoms with E-state index in [4.69, 9.17) is 21.1 Å². The van der Waals surface area contributed by atoms with E-state index in [1.807, 2.05) is 36.4 Å². The van der Waals surface area contributed by atoms with Gasteiger partial charge in [0.1, 0.15) is 11.8 Å². The lowest BCUT2D eigenvalue weighted by Gasteiger charge is -2.33. The van der Waals surface area contributed by atoms with Crippen LogP contribution in [0.4, 0.5) is 5.69 Å². The third kappa shape index (κ3) is 8.44. The molecule has 3 aromatic rings. The van der Waals surface area contributed by atoms with Crippen molar-refractivity contribution in [3.05, 3.63) is 99.1 Å². The SMILES string of the molecule is COc1cc(OCC(=O)N(Cc2cccc(Cl)c2)C(Cc2ccccc2)C(=O)NC2CCCCC2)ccc1[N+](=O)[O-]. The summed E-state index contributed by atoms with van der Waals surface area (Å²) < 4.78 is 10.9. The molecular weight excluding hydrogens is 546 g/mol. The van der Waals surface area contributed by atoms with Crippen LogP contribution in [0.1, 0.15) is 43.2 Å². The van der Waals surface area contributed by atoms with Crippen molar-refractivity contribution in [3.63, 3.8) is 0 Å². The smallest absolute Gasteiger partial charge is 0.311 e. The fourth-order valence-corrected chi connectivity index (χ4v) is 5.27. The van der Waals surface area contributed by atoms with Crippen molar-refractivity contribution in [3.8, 4) is 11.5 Å². The lowest BCUT2D eigenvalue weighted by Crippen LogP contribution is -2.53. The molecule has 9 nitrogen and oxygen atoms in total. The number of ether oxygens (including phenoxy) is 2. The van der Waals surface area contributed by atoms with E-state index in [0.29, 0.717) is 11.4 Å². The molecular formula is C31H34ClN3O6. The first-order chi connectivity index (χ1) is 19.8. The Morgan fingerprint density at radius 1 is 1.02 bits per heavy atom. The van der Waals surface area contributed by atoms with Gasteiger partial charge in [0, 0.05) is 36.2 Å². The van der Waals surface area contributed by atoms with Gasteiger partial charge in [0.05, 0.1) is 12.0 Å². The van der Waals surface area contributed by atoms with Gasteiger partial charge in [-0.2, -0.15) is 0 Å². The van der Waals surface area contributed by atoms with Crippen molar-refractivity contribution < 1.29 is 24.0 Å². The summed E-state index contributed by atoms with van der Waals surface area (Å²) in [7, 11) is 1.32. The van der Waals surface area contributed by atoms with Crippen molar-refractivity contribution in [2.24, 2.45) is 0 Å². The first-order valence-electron chi connectivity index (χ1n) is 13.7. The molecule has 0 bridgehead atoms. The maximum atomic E-state index is 13.8. The molecule has 0 aliphatic heterocycles. The zero-order valence-corrected chi connectivity index (χ0v) is 23.7. The Morgan fingerprint density at radius 2 is 1.76 bits per heavy atom. The van der Waals surface area contributed by atoms with Crippen LogP contribution in [0.2, 0.25) is 5.02 Å². The monoisotopic (exact) mass is 579 g/mol. The number of rotatable bonds is 12. The Kier molecular flexibility index (Phi) is 10.6. The second kappa shape index (κ2) is 14.5. The van der Waals surface area contributed by atoms with Gasteiger partial charge in [-0.3, -0.25) is 19.7 Å². The van der Waals surface area contributed by atoms with Crippen LogP contribution in [-0.4, -0.2) is 47.4 Å². The summed E-state index contributed by atoms with van der Waals surface area (Å²) >= 11 is 6.25. The van der Waals surface area contributed by atoms with E-state index in [0.717, 1.165) is 43.2 Å². The highest BCUT2D eigenvalue weighted by Crippen LogP contribution is 2.31. The number of benzene rings is 3. The van der Waals surface area contributed by atoms with Crippen LogP contribution >= 0.6 is 11.6 Å². The topological polar surface area (TPSA) is 111 Å². The van der Waals surface area contributed by atoms with Crippen LogP contribution in [0.5, 0.6) is 11.5 Å². The van der Waals surface area contributed by atoms with Crippen LogP contribution in [0, 0.1) is 10.1 Å². The third-order valence-electron chi connectivity index (χ3n) is 7.17. The highest BCUT2D eigenvalue weighted by Gasteiger charge is 2.32. The molecule has 0 saturated heterocycles. The fourth-order valence-electron chi connectivity index (χ4n) is 5.06. The normalized spacial score (nSPS) is 14.1. The minimum absolute atomic E-state index is 0.0181. The Hall–Kier alpha value is -4.11. The summed E-state index contributed by atoms with van der Waals surface area (Å²) in [4.78, 5) is 39.9. The fraction of sp³-hybridized carbons (Fsp3) is 0.355. The number of nitro groups is 1. The van der Waals surface area contributed by atoms with Crippen molar-refractivity contribution in [1.82, 2.24) is 10.2 Å². The number of amides is 2. The number of carbonyl (C=O) groups is 2. The highest BCUT2D eigenvalue weighted by atomic mass is 35.5. The summed E-state index contributed by atoms with van der Waals surface area (Å²) in [5.41, 5.74) is 1.48.